The van der Waals surface area contributed by atoms with Crippen LogP contribution >= 0.6 is 15.9 Å². The largest absolute Gasteiger partial charge is 0.352 e. The molecule has 0 spiro atoms. The molecule has 0 aliphatic rings. The summed E-state index contributed by atoms with van der Waals surface area (Å²) in [6.45, 7) is 0.995. The molecule has 0 bridgehead atoms. The SMILES string of the molecule is CN(C)S(=O)(=O)c1ccc(C(=O)NCCCN)cc1Br. The Labute approximate surface area is 127 Å². The van der Waals surface area contributed by atoms with Crippen molar-refractivity contribution < 1.29 is 13.2 Å². The predicted molar refractivity (Wildman–Crippen MR) is 81.0 cm³/mol. The number of nitrogens with two attached hydrogens (primary N) is 1. The third kappa shape index (κ3) is 4.02. The standard InChI is InChI=1S/C12H18BrN3O3S/c1-16(2)20(18,19)11-5-4-9(8-10(11)13)12(17)15-7-3-6-14/h4-5,8H,3,6-7,14H2,1-2H3,(H,15,17). The quantitative estimate of drug-likeness (QED) is 0.730. The van der Waals surface area contributed by atoms with Crippen molar-refractivity contribution in [2.24, 2.45) is 5.73 Å². The van der Waals surface area contributed by atoms with Crippen molar-refractivity contribution in [2.45, 2.75) is 11.3 Å². The van der Waals surface area contributed by atoms with Crippen molar-refractivity contribution >= 4 is 31.9 Å². The topological polar surface area (TPSA) is 92.5 Å². The highest BCUT2D eigenvalue weighted by molar-refractivity contribution is 9.10. The van der Waals surface area contributed by atoms with Crippen molar-refractivity contribution in [2.75, 3.05) is 27.2 Å². The monoisotopic (exact) mass is 363 g/mol. The molecule has 1 rings (SSSR count). The first-order chi connectivity index (χ1) is 9.30. The lowest BCUT2D eigenvalue weighted by Crippen LogP contribution is -2.26. The summed E-state index contributed by atoms with van der Waals surface area (Å²) in [5.41, 5.74) is 5.74. The smallest absolute Gasteiger partial charge is 0.251 e. The lowest BCUT2D eigenvalue weighted by molar-refractivity contribution is 0.0953. The fourth-order valence-electron chi connectivity index (χ4n) is 1.45. The first-order valence-corrected chi connectivity index (χ1v) is 8.24. The lowest BCUT2D eigenvalue weighted by Gasteiger charge is -2.13. The second kappa shape index (κ2) is 7.16. The molecule has 8 heteroatoms. The number of nitrogens with zero attached hydrogens (tertiary/aromatic N) is 1. The molecule has 0 saturated carbocycles. The molecule has 1 aromatic rings. The Morgan fingerprint density at radius 2 is 2.05 bits per heavy atom. The van der Waals surface area contributed by atoms with Crippen molar-refractivity contribution in [3.8, 4) is 0 Å². The van der Waals surface area contributed by atoms with Crippen molar-refractivity contribution in [1.29, 1.82) is 0 Å². The molecule has 0 aliphatic carbocycles. The summed E-state index contributed by atoms with van der Waals surface area (Å²) < 4.78 is 25.5. The zero-order valence-corrected chi connectivity index (χ0v) is 13.8. The number of halogens is 1. The number of amides is 1. The molecule has 112 valence electrons. The van der Waals surface area contributed by atoms with E-state index in [2.05, 4.69) is 21.2 Å². The molecule has 0 heterocycles. The van der Waals surface area contributed by atoms with Crippen LogP contribution in [0.3, 0.4) is 0 Å². The fourth-order valence-corrected chi connectivity index (χ4v) is 3.39. The highest BCUT2D eigenvalue weighted by Gasteiger charge is 2.21. The molecule has 20 heavy (non-hydrogen) atoms. The van der Waals surface area contributed by atoms with Gasteiger partial charge < -0.3 is 11.1 Å². The molecule has 0 atom stereocenters. The van der Waals surface area contributed by atoms with Gasteiger partial charge in [-0.1, -0.05) is 0 Å². The summed E-state index contributed by atoms with van der Waals surface area (Å²) in [6, 6.07) is 4.39. The van der Waals surface area contributed by atoms with Gasteiger partial charge in [-0.3, -0.25) is 4.79 Å². The number of rotatable bonds is 6. The Morgan fingerprint density at radius 3 is 2.55 bits per heavy atom. The van der Waals surface area contributed by atoms with Gasteiger partial charge in [-0.25, -0.2) is 12.7 Å². The van der Waals surface area contributed by atoms with E-state index in [1.807, 2.05) is 0 Å². The molecule has 0 aliphatic heterocycles. The van der Waals surface area contributed by atoms with Crippen LogP contribution in [0.1, 0.15) is 16.8 Å². The van der Waals surface area contributed by atoms with Crippen LogP contribution in [-0.4, -0.2) is 45.8 Å². The van der Waals surface area contributed by atoms with Crippen LogP contribution in [0.2, 0.25) is 0 Å². The third-order valence-corrected chi connectivity index (χ3v) is 5.41. The van der Waals surface area contributed by atoms with E-state index in [1.54, 1.807) is 0 Å². The van der Waals surface area contributed by atoms with E-state index in [4.69, 9.17) is 5.73 Å². The average Bonchev–Trinajstić information content (AvgIpc) is 2.38. The first kappa shape index (κ1) is 17.1. The predicted octanol–water partition coefficient (Wildman–Crippen LogP) is 0.778. The molecular weight excluding hydrogens is 346 g/mol. The minimum absolute atomic E-state index is 0.126. The Hall–Kier alpha value is -0.960. The summed E-state index contributed by atoms with van der Waals surface area (Å²) in [6.07, 6.45) is 0.694. The summed E-state index contributed by atoms with van der Waals surface area (Å²) in [5, 5.41) is 2.71. The Kier molecular flexibility index (Phi) is 6.12. The summed E-state index contributed by atoms with van der Waals surface area (Å²) in [7, 11) is -0.626. The van der Waals surface area contributed by atoms with Crippen LogP contribution in [0, 0.1) is 0 Å². The maximum atomic E-state index is 12.0. The van der Waals surface area contributed by atoms with E-state index in [-0.39, 0.29) is 10.8 Å². The van der Waals surface area contributed by atoms with Crippen LogP contribution in [-0.2, 0) is 10.0 Å². The van der Waals surface area contributed by atoms with Gasteiger partial charge in [0.15, 0.2) is 0 Å². The number of hydrogen-bond acceptors (Lipinski definition) is 4. The van der Waals surface area contributed by atoms with Gasteiger partial charge in [0, 0.05) is 30.7 Å². The second-order valence-corrected chi connectivity index (χ2v) is 7.31. The van der Waals surface area contributed by atoms with E-state index in [0.717, 1.165) is 4.31 Å². The molecule has 0 aromatic heterocycles. The Balaban J connectivity index is 2.97. The van der Waals surface area contributed by atoms with Gasteiger partial charge in [-0.2, -0.15) is 0 Å². The molecule has 0 saturated heterocycles. The molecule has 6 nitrogen and oxygen atoms in total. The van der Waals surface area contributed by atoms with Crippen LogP contribution in [0.5, 0.6) is 0 Å². The van der Waals surface area contributed by atoms with Gasteiger partial charge in [0.05, 0.1) is 4.90 Å². The van der Waals surface area contributed by atoms with Gasteiger partial charge in [0.1, 0.15) is 0 Å². The van der Waals surface area contributed by atoms with Gasteiger partial charge in [-0.15, -0.1) is 0 Å². The van der Waals surface area contributed by atoms with Crippen molar-refractivity contribution in [3.05, 3.63) is 28.2 Å². The molecule has 0 fully saturated rings. The van der Waals surface area contributed by atoms with E-state index in [1.165, 1.54) is 32.3 Å². The number of benzene rings is 1. The van der Waals surface area contributed by atoms with Gasteiger partial charge >= 0.3 is 0 Å². The minimum Gasteiger partial charge on any atom is -0.352 e. The summed E-state index contributed by atoms with van der Waals surface area (Å²) in [5.74, 6) is -0.257. The number of carbonyl (C=O) groups excluding carboxylic acids is 1. The number of nitrogens with one attached hydrogen (secondary N) is 1. The maximum Gasteiger partial charge on any atom is 0.251 e. The second-order valence-electron chi connectivity index (χ2n) is 4.33. The number of carbonyl (C=O) groups is 1. The van der Waals surface area contributed by atoms with Crippen molar-refractivity contribution in [3.63, 3.8) is 0 Å². The highest BCUT2D eigenvalue weighted by Crippen LogP contribution is 2.25. The Morgan fingerprint density at radius 1 is 1.40 bits per heavy atom. The van der Waals surface area contributed by atoms with E-state index in [0.29, 0.717) is 29.5 Å². The minimum atomic E-state index is -3.53. The normalized spacial score (nSPS) is 11.7. The number of sulfonamides is 1. The van der Waals surface area contributed by atoms with Gasteiger partial charge in [0.2, 0.25) is 10.0 Å². The molecule has 0 radical (unpaired) electrons. The van der Waals surface area contributed by atoms with Gasteiger partial charge in [-0.05, 0) is 47.1 Å². The van der Waals surface area contributed by atoms with Crippen LogP contribution in [0.4, 0.5) is 0 Å². The molecule has 3 N–H and O–H groups in total. The zero-order valence-electron chi connectivity index (χ0n) is 11.4. The first-order valence-electron chi connectivity index (χ1n) is 6.01. The van der Waals surface area contributed by atoms with E-state index >= 15 is 0 Å². The Bertz CT molecular complexity index is 588. The van der Waals surface area contributed by atoms with Crippen LogP contribution in [0.15, 0.2) is 27.6 Å². The van der Waals surface area contributed by atoms with Crippen LogP contribution in [0.25, 0.3) is 0 Å². The molecule has 0 unspecified atom stereocenters. The lowest BCUT2D eigenvalue weighted by atomic mass is 10.2. The van der Waals surface area contributed by atoms with Crippen molar-refractivity contribution in [1.82, 2.24) is 9.62 Å². The van der Waals surface area contributed by atoms with E-state index in [9.17, 15) is 13.2 Å². The third-order valence-electron chi connectivity index (χ3n) is 2.62. The van der Waals surface area contributed by atoms with Gasteiger partial charge in [0.25, 0.3) is 5.91 Å². The summed E-state index contributed by atoms with van der Waals surface area (Å²) >= 11 is 3.20. The fraction of sp³-hybridized carbons (Fsp3) is 0.417. The maximum absolute atomic E-state index is 12.0. The molecule has 1 aromatic carbocycles. The average molecular weight is 364 g/mol. The summed E-state index contributed by atoms with van der Waals surface area (Å²) in [4.78, 5) is 12.0. The zero-order chi connectivity index (χ0) is 15.3. The van der Waals surface area contributed by atoms with E-state index < -0.39 is 10.0 Å². The molecule has 1 amide bonds. The molecular formula is C12H18BrN3O3S. The van der Waals surface area contributed by atoms with Crippen LogP contribution < -0.4 is 11.1 Å². The number of hydrogen-bond donors (Lipinski definition) is 2. The highest BCUT2D eigenvalue weighted by atomic mass is 79.9.